The van der Waals surface area contributed by atoms with Crippen molar-refractivity contribution in [3.8, 4) is 5.75 Å². The molecule has 29 heavy (non-hydrogen) atoms. The van der Waals surface area contributed by atoms with Crippen molar-refractivity contribution in [2.75, 3.05) is 31.1 Å². The Balaban J connectivity index is 0.00000240. The molecule has 0 saturated carbocycles. The van der Waals surface area contributed by atoms with E-state index in [0.717, 1.165) is 69.3 Å². The summed E-state index contributed by atoms with van der Waals surface area (Å²) in [6.07, 6.45) is 4.92. The van der Waals surface area contributed by atoms with Crippen LogP contribution in [0.2, 0.25) is 0 Å². The summed E-state index contributed by atoms with van der Waals surface area (Å²) in [7, 11) is 0. The smallest absolute Gasteiger partial charge is 0.128 e. The van der Waals surface area contributed by atoms with E-state index < -0.39 is 0 Å². The van der Waals surface area contributed by atoms with Gasteiger partial charge in [0.25, 0.3) is 0 Å². The second-order valence-electron chi connectivity index (χ2n) is 7.98. The molecule has 5 nitrogen and oxygen atoms in total. The Kier molecular flexibility index (Phi) is 7.87. The predicted octanol–water partition coefficient (Wildman–Crippen LogP) is 4.95. The summed E-state index contributed by atoms with van der Waals surface area (Å²) in [5.41, 5.74) is 12.0. The molecule has 0 amide bonds. The van der Waals surface area contributed by atoms with Gasteiger partial charge in [-0.1, -0.05) is 18.7 Å². The third-order valence-electron chi connectivity index (χ3n) is 5.90. The van der Waals surface area contributed by atoms with Crippen LogP contribution in [0.4, 0.5) is 11.5 Å². The second-order valence-corrected chi connectivity index (χ2v) is 7.98. The molecule has 151 valence electrons. The average molecular weight is 605 g/mol. The van der Waals surface area contributed by atoms with Crippen LogP contribution >= 0.6 is 0 Å². The van der Waals surface area contributed by atoms with E-state index in [1.54, 1.807) is 6.20 Å². The molecule has 0 spiro atoms. The van der Waals surface area contributed by atoms with Crippen LogP contribution in [-0.4, -0.2) is 36.1 Å². The van der Waals surface area contributed by atoms with Gasteiger partial charge in [0.15, 0.2) is 0 Å². The van der Waals surface area contributed by atoms with Crippen molar-refractivity contribution in [2.24, 2.45) is 5.92 Å². The average Bonchev–Trinajstić information content (AvgIpc) is 2.72. The van der Waals surface area contributed by atoms with Gasteiger partial charge in [0.2, 0.25) is 0 Å². The summed E-state index contributed by atoms with van der Waals surface area (Å²) in [6, 6.07) is 10.3. The molecule has 0 aliphatic carbocycles. The Labute approximate surface area is 209 Å². The fourth-order valence-electron chi connectivity index (χ4n) is 4.06. The molecule has 0 bridgehead atoms. The zero-order valence-electron chi connectivity index (χ0n) is 17.2. The number of aromatic nitrogens is 1. The van der Waals surface area contributed by atoms with Crippen LogP contribution in [-0.2, 0) is 13.0 Å². The van der Waals surface area contributed by atoms with Crippen LogP contribution < -0.4 is 9.64 Å². The van der Waals surface area contributed by atoms with Crippen molar-refractivity contribution in [3.05, 3.63) is 65.7 Å². The van der Waals surface area contributed by atoms with E-state index >= 15 is 0 Å². The topological polar surface area (TPSA) is 52.4 Å². The molecule has 6 heteroatoms. The molecule has 1 radical (unpaired) electrons. The van der Waals surface area contributed by atoms with Crippen LogP contribution in [0.15, 0.2) is 48.8 Å². The van der Waals surface area contributed by atoms with Gasteiger partial charge < -0.3 is 20.3 Å². The molecule has 1 N–H and O–H groups in total. The molecular weight excluding hydrogens is 575 g/mol. The van der Waals surface area contributed by atoms with Gasteiger partial charge in [-0.15, -0.1) is 5.69 Å². The third kappa shape index (κ3) is 5.67. The van der Waals surface area contributed by atoms with Crippen molar-refractivity contribution >= 4 is 11.5 Å². The van der Waals surface area contributed by atoms with Crippen LogP contribution in [0.25, 0.3) is 5.73 Å². The van der Waals surface area contributed by atoms with E-state index in [0.29, 0.717) is 11.6 Å². The molecule has 0 unspecified atom stereocenters. The summed E-state index contributed by atoms with van der Waals surface area (Å²) < 4.78 is 6.16. The standard InChI is InChI=1S/C23H29N4O.Ac/c1-17(2)27-12-9-19-3-5-22(13-20(19)15-27)28-16-18-7-10-26(11-8-18)23-6-4-21(24)14-25-23;/h3-6,13-14,18,24H,1,7-12,15-16H2,2H3;/q-1;. The second kappa shape index (κ2) is 10.2. The van der Waals surface area contributed by atoms with E-state index in [4.69, 9.17) is 10.5 Å². The van der Waals surface area contributed by atoms with Crippen molar-refractivity contribution in [3.63, 3.8) is 0 Å². The molecular formula is C23H29AcN4O-. The number of ether oxygens (including phenoxy) is 1. The van der Waals surface area contributed by atoms with Gasteiger partial charge >= 0.3 is 0 Å². The normalized spacial score (nSPS) is 16.7. The molecule has 2 aliphatic rings. The Hall–Kier alpha value is -1.25. The molecule has 1 aromatic carbocycles. The molecule has 1 fully saturated rings. The maximum absolute atomic E-state index is 7.56. The Morgan fingerprint density at radius 3 is 2.66 bits per heavy atom. The number of benzene rings is 1. The number of nitrogens with one attached hydrogen (secondary N) is 1. The number of hydrogen-bond donors (Lipinski definition) is 0. The number of pyridine rings is 1. The van der Waals surface area contributed by atoms with E-state index in [-0.39, 0.29) is 44.1 Å². The summed E-state index contributed by atoms with van der Waals surface area (Å²) in [4.78, 5) is 9.02. The Morgan fingerprint density at radius 1 is 1.17 bits per heavy atom. The van der Waals surface area contributed by atoms with Crippen molar-refractivity contribution in [1.29, 1.82) is 0 Å². The molecule has 2 aliphatic heterocycles. The van der Waals surface area contributed by atoms with Crippen molar-refractivity contribution in [1.82, 2.24) is 9.88 Å². The first-order valence-electron chi connectivity index (χ1n) is 10.2. The minimum absolute atomic E-state index is 0. The molecule has 0 atom stereocenters. The first kappa shape index (κ1) is 22.4. The largest absolute Gasteiger partial charge is 0.697 e. The van der Waals surface area contributed by atoms with Gasteiger partial charge in [-0.25, -0.2) is 4.98 Å². The predicted molar refractivity (Wildman–Crippen MR) is 114 cm³/mol. The van der Waals surface area contributed by atoms with Gasteiger partial charge in [0, 0.05) is 82.1 Å². The summed E-state index contributed by atoms with van der Waals surface area (Å²) >= 11 is 0. The number of rotatable bonds is 5. The van der Waals surface area contributed by atoms with Crippen LogP contribution in [0.5, 0.6) is 5.75 Å². The minimum Gasteiger partial charge on any atom is -0.697 e. The number of piperidine rings is 1. The fourth-order valence-corrected chi connectivity index (χ4v) is 4.06. The molecule has 3 heterocycles. The zero-order valence-corrected chi connectivity index (χ0v) is 22.0. The molecule has 1 saturated heterocycles. The van der Waals surface area contributed by atoms with Crippen molar-refractivity contribution < 1.29 is 48.8 Å². The van der Waals surface area contributed by atoms with Crippen LogP contribution in [0.1, 0.15) is 30.9 Å². The summed E-state index contributed by atoms with van der Waals surface area (Å²) in [5, 5.41) is 0. The zero-order chi connectivity index (χ0) is 19.5. The quantitative estimate of drug-likeness (QED) is 0.485. The molecule has 2 aromatic rings. The third-order valence-corrected chi connectivity index (χ3v) is 5.90. The Bertz CT molecular complexity index is 831. The number of nitrogens with zero attached hydrogens (tertiary/aromatic N) is 3. The van der Waals surface area contributed by atoms with Gasteiger partial charge in [-0.2, -0.15) is 0 Å². The van der Waals surface area contributed by atoms with Gasteiger partial charge in [-0.3, -0.25) is 0 Å². The number of allylic oxidation sites excluding steroid dienone is 1. The van der Waals surface area contributed by atoms with E-state index in [2.05, 4.69) is 46.5 Å². The van der Waals surface area contributed by atoms with E-state index in [1.807, 2.05) is 12.1 Å². The van der Waals surface area contributed by atoms with Gasteiger partial charge in [0.1, 0.15) is 11.6 Å². The number of fused-ring (bicyclic) bond motifs is 1. The van der Waals surface area contributed by atoms with Crippen molar-refractivity contribution in [2.45, 2.75) is 32.7 Å². The van der Waals surface area contributed by atoms with Crippen LogP contribution in [0, 0.1) is 50.0 Å². The fraction of sp³-hybridized carbons (Fsp3) is 0.435. The maximum Gasteiger partial charge on any atom is 0.128 e. The van der Waals surface area contributed by atoms with Crippen LogP contribution in [0.3, 0.4) is 0 Å². The number of anilines is 1. The first-order valence-corrected chi connectivity index (χ1v) is 10.2. The first-order chi connectivity index (χ1) is 13.6. The summed E-state index contributed by atoms with van der Waals surface area (Å²) in [5.74, 6) is 2.54. The molecule has 4 rings (SSSR count). The molecule has 1 aromatic heterocycles. The van der Waals surface area contributed by atoms with Gasteiger partial charge in [-0.05, 0) is 61.4 Å². The SMILES string of the molecule is C=C(C)N1CCc2ccc(OCC3CCN(c4ccc([NH-])cn4)CC3)cc2C1.[Ac]. The maximum atomic E-state index is 7.56. The van der Waals surface area contributed by atoms with E-state index in [9.17, 15) is 0 Å². The minimum atomic E-state index is 0. The summed E-state index contributed by atoms with van der Waals surface area (Å²) in [6.45, 7) is 10.9. The monoisotopic (exact) mass is 604 g/mol. The van der Waals surface area contributed by atoms with E-state index in [1.165, 1.54) is 11.1 Å². The Morgan fingerprint density at radius 2 is 1.97 bits per heavy atom. The van der Waals surface area contributed by atoms with Gasteiger partial charge in [0.05, 0.1) is 6.61 Å². The number of hydrogen-bond acceptors (Lipinski definition) is 4.